The van der Waals surface area contributed by atoms with Gasteiger partial charge in [-0.25, -0.2) is 0 Å². The Bertz CT molecular complexity index is 985. The van der Waals surface area contributed by atoms with E-state index in [2.05, 4.69) is 52.9 Å². The number of rotatable bonds is 8. The van der Waals surface area contributed by atoms with Gasteiger partial charge in [-0.15, -0.1) is 10.2 Å². The first-order valence-corrected chi connectivity index (χ1v) is 11.4. The van der Waals surface area contributed by atoms with Crippen molar-refractivity contribution in [2.75, 3.05) is 0 Å². The number of ketones is 1. The molecule has 0 bridgehead atoms. The average molecular weight is 422 g/mol. The van der Waals surface area contributed by atoms with Gasteiger partial charge in [-0.05, 0) is 49.4 Å². The minimum Gasteiger partial charge on any atom is -0.486 e. The number of ether oxygens (including phenoxy) is 1. The van der Waals surface area contributed by atoms with Crippen LogP contribution in [0.2, 0.25) is 0 Å². The molecule has 2 aromatic carbocycles. The Morgan fingerprint density at radius 1 is 1.13 bits per heavy atom. The summed E-state index contributed by atoms with van der Waals surface area (Å²) in [6, 6.07) is 18.5. The normalized spacial score (nSPS) is 17.3. The predicted molar refractivity (Wildman–Crippen MR) is 119 cm³/mol. The molecular weight excluding hydrogens is 394 g/mol. The van der Waals surface area contributed by atoms with Crippen LogP contribution in [-0.4, -0.2) is 25.8 Å². The smallest absolute Gasteiger partial charge is 0.192 e. The molecule has 0 saturated heterocycles. The monoisotopic (exact) mass is 421 g/mol. The number of aryl methyl sites for hydroxylation is 1. The molecule has 1 saturated carbocycles. The maximum atomic E-state index is 12.2. The molecule has 0 radical (unpaired) electrons. The van der Waals surface area contributed by atoms with Crippen LogP contribution in [0.1, 0.15) is 56.1 Å². The zero-order valence-corrected chi connectivity index (χ0v) is 18.3. The minimum atomic E-state index is -0.0220. The predicted octanol–water partition coefficient (Wildman–Crippen LogP) is 5.24. The second-order valence-electron chi connectivity index (χ2n) is 7.61. The van der Waals surface area contributed by atoms with Crippen LogP contribution in [0.25, 0.3) is 0 Å². The summed E-state index contributed by atoms with van der Waals surface area (Å²) in [7, 11) is 0. The van der Waals surface area contributed by atoms with E-state index in [1.807, 2.05) is 30.3 Å². The lowest BCUT2D eigenvalue weighted by Gasteiger charge is -2.19. The van der Waals surface area contributed by atoms with E-state index in [-0.39, 0.29) is 11.3 Å². The van der Waals surface area contributed by atoms with Crippen molar-refractivity contribution in [3.63, 3.8) is 0 Å². The van der Waals surface area contributed by atoms with Crippen LogP contribution in [0.5, 0.6) is 5.75 Å². The molecule has 4 rings (SSSR count). The van der Waals surface area contributed by atoms with Gasteiger partial charge in [-0.3, -0.25) is 9.36 Å². The molecule has 0 N–H and O–H groups in total. The highest BCUT2D eigenvalue weighted by molar-refractivity contribution is 8.00. The van der Waals surface area contributed by atoms with Crippen molar-refractivity contribution in [3.8, 4) is 5.75 Å². The summed E-state index contributed by atoms with van der Waals surface area (Å²) in [5.74, 6) is 1.89. The standard InChI is InChI=1S/C24H27N3O2S/c1-3-18-12-14-20(15-13-18)29-16-23-25-26-24(30-22-11-7-10-21(22)28)27(23)17(2)19-8-5-4-6-9-19/h4-6,8-9,12-15,17,22H,3,7,10-11,16H2,1-2H3/t17-,22+/m1/s1. The fourth-order valence-corrected chi connectivity index (χ4v) is 5.01. The largest absolute Gasteiger partial charge is 0.486 e. The Kier molecular flexibility index (Phi) is 6.53. The number of hydrogen-bond donors (Lipinski definition) is 0. The first-order chi connectivity index (χ1) is 14.7. The molecule has 1 aromatic heterocycles. The van der Waals surface area contributed by atoms with Crippen molar-refractivity contribution in [1.29, 1.82) is 0 Å². The van der Waals surface area contributed by atoms with Crippen LogP contribution in [0.4, 0.5) is 0 Å². The lowest BCUT2D eigenvalue weighted by molar-refractivity contribution is -0.116. The van der Waals surface area contributed by atoms with E-state index in [4.69, 9.17) is 4.74 Å². The second kappa shape index (κ2) is 9.47. The first kappa shape index (κ1) is 20.7. The lowest BCUT2D eigenvalue weighted by Crippen LogP contribution is -2.16. The van der Waals surface area contributed by atoms with E-state index < -0.39 is 0 Å². The number of carbonyl (C=O) groups excluding carboxylic acids is 1. The number of hydrogen-bond acceptors (Lipinski definition) is 5. The molecule has 6 heteroatoms. The summed E-state index contributed by atoms with van der Waals surface area (Å²) in [5.41, 5.74) is 2.45. The fraction of sp³-hybridized carbons (Fsp3) is 0.375. The molecule has 30 heavy (non-hydrogen) atoms. The van der Waals surface area contributed by atoms with Gasteiger partial charge in [0.05, 0.1) is 11.3 Å². The molecule has 0 aliphatic heterocycles. The molecule has 1 aliphatic rings. The van der Waals surface area contributed by atoms with Crippen LogP contribution >= 0.6 is 11.8 Å². The van der Waals surface area contributed by atoms with Crippen LogP contribution in [0, 0.1) is 0 Å². The molecule has 1 fully saturated rings. The average Bonchev–Trinajstić information content (AvgIpc) is 3.38. The Labute approximate surface area is 181 Å². The quantitative estimate of drug-likeness (QED) is 0.498. The van der Waals surface area contributed by atoms with Crippen molar-refractivity contribution >= 4 is 17.5 Å². The molecule has 0 unspecified atom stereocenters. The zero-order chi connectivity index (χ0) is 20.9. The SMILES string of the molecule is CCc1ccc(OCc2nnc(S[C@H]3CCCC3=O)n2[C@H](C)c2ccccc2)cc1. The van der Waals surface area contributed by atoms with Crippen LogP contribution < -0.4 is 4.74 Å². The number of carbonyl (C=O) groups is 1. The molecule has 3 aromatic rings. The third-order valence-electron chi connectivity index (χ3n) is 5.60. The van der Waals surface area contributed by atoms with Gasteiger partial charge in [0.25, 0.3) is 0 Å². The second-order valence-corrected chi connectivity index (χ2v) is 8.78. The highest BCUT2D eigenvalue weighted by Gasteiger charge is 2.29. The van der Waals surface area contributed by atoms with E-state index >= 15 is 0 Å². The number of Topliss-reactive ketones (excluding diaryl/α,β-unsaturated/α-hetero) is 1. The van der Waals surface area contributed by atoms with Gasteiger partial charge in [-0.2, -0.15) is 0 Å². The van der Waals surface area contributed by atoms with Crippen LogP contribution in [0.3, 0.4) is 0 Å². The van der Waals surface area contributed by atoms with Gasteiger partial charge in [-0.1, -0.05) is 61.2 Å². The van der Waals surface area contributed by atoms with E-state index in [1.165, 1.54) is 11.1 Å². The van der Waals surface area contributed by atoms with E-state index in [1.54, 1.807) is 11.8 Å². The Hall–Kier alpha value is -2.60. The number of thioether (sulfide) groups is 1. The van der Waals surface area contributed by atoms with Gasteiger partial charge in [0.1, 0.15) is 18.1 Å². The molecule has 1 aliphatic carbocycles. The molecule has 0 spiro atoms. The van der Waals surface area contributed by atoms with Crippen molar-refractivity contribution in [2.24, 2.45) is 0 Å². The summed E-state index contributed by atoms with van der Waals surface area (Å²) in [4.78, 5) is 12.2. The minimum absolute atomic E-state index is 0.0220. The maximum absolute atomic E-state index is 12.2. The molecule has 1 heterocycles. The van der Waals surface area contributed by atoms with Gasteiger partial charge in [0.2, 0.25) is 0 Å². The number of nitrogens with zero attached hydrogens (tertiary/aromatic N) is 3. The first-order valence-electron chi connectivity index (χ1n) is 10.6. The van der Waals surface area contributed by atoms with Crippen molar-refractivity contribution in [2.45, 2.75) is 62.6 Å². The fourth-order valence-electron chi connectivity index (χ4n) is 3.76. The highest BCUT2D eigenvalue weighted by Crippen LogP contribution is 2.34. The zero-order valence-electron chi connectivity index (χ0n) is 17.5. The molecule has 156 valence electrons. The Morgan fingerprint density at radius 2 is 1.90 bits per heavy atom. The lowest BCUT2D eigenvalue weighted by atomic mass is 10.1. The summed E-state index contributed by atoms with van der Waals surface area (Å²) >= 11 is 1.54. The molecule has 5 nitrogen and oxygen atoms in total. The topological polar surface area (TPSA) is 57.0 Å². The molecular formula is C24H27N3O2S. The van der Waals surface area contributed by atoms with Crippen molar-refractivity contribution in [3.05, 3.63) is 71.5 Å². The van der Waals surface area contributed by atoms with Crippen LogP contribution in [0.15, 0.2) is 59.8 Å². The highest BCUT2D eigenvalue weighted by atomic mass is 32.2. The summed E-state index contributed by atoms with van der Waals surface area (Å²) in [5, 5.41) is 9.64. The van der Waals surface area contributed by atoms with Crippen LogP contribution in [-0.2, 0) is 17.8 Å². The van der Waals surface area contributed by atoms with E-state index in [9.17, 15) is 4.79 Å². The maximum Gasteiger partial charge on any atom is 0.192 e. The summed E-state index contributed by atoms with van der Waals surface area (Å²) in [6.07, 6.45) is 3.54. The van der Waals surface area contributed by atoms with Gasteiger partial charge < -0.3 is 4.74 Å². The van der Waals surface area contributed by atoms with E-state index in [0.717, 1.165) is 36.0 Å². The van der Waals surface area contributed by atoms with Crippen molar-refractivity contribution < 1.29 is 9.53 Å². The van der Waals surface area contributed by atoms with Gasteiger partial charge >= 0.3 is 0 Å². The van der Waals surface area contributed by atoms with E-state index in [0.29, 0.717) is 18.8 Å². The Balaban J connectivity index is 1.59. The van der Waals surface area contributed by atoms with Gasteiger partial charge in [0, 0.05) is 6.42 Å². The molecule has 0 amide bonds. The number of benzene rings is 2. The summed E-state index contributed by atoms with van der Waals surface area (Å²) < 4.78 is 8.14. The third-order valence-corrected chi connectivity index (χ3v) is 6.87. The third kappa shape index (κ3) is 4.59. The Morgan fingerprint density at radius 3 is 2.57 bits per heavy atom. The molecule has 2 atom stereocenters. The summed E-state index contributed by atoms with van der Waals surface area (Å²) in [6.45, 7) is 4.60. The van der Waals surface area contributed by atoms with Crippen molar-refractivity contribution in [1.82, 2.24) is 14.8 Å². The van der Waals surface area contributed by atoms with Gasteiger partial charge in [0.15, 0.2) is 11.0 Å². The number of aromatic nitrogens is 3.